The Hall–Kier alpha value is -0.830. The second-order valence-corrected chi connectivity index (χ2v) is 4.93. The van der Waals surface area contributed by atoms with Crippen molar-refractivity contribution in [1.82, 2.24) is 0 Å². The largest absolute Gasteiger partial charge is 0.484 e. The Bertz CT molecular complexity index is 318. The van der Waals surface area contributed by atoms with E-state index >= 15 is 0 Å². The van der Waals surface area contributed by atoms with Gasteiger partial charge in [-0.15, -0.1) is 11.3 Å². The molecule has 0 saturated carbocycles. The van der Waals surface area contributed by atoms with E-state index in [0.29, 0.717) is 5.92 Å². The van der Waals surface area contributed by atoms with Crippen molar-refractivity contribution in [2.24, 2.45) is 10.9 Å². The Balaban J connectivity index is 2.04. The van der Waals surface area contributed by atoms with Gasteiger partial charge in [-0.25, -0.2) is 0 Å². The molecule has 82 valence electrons. The summed E-state index contributed by atoms with van der Waals surface area (Å²) in [5.41, 5.74) is 0. The van der Waals surface area contributed by atoms with Gasteiger partial charge in [-0.1, -0.05) is 12.5 Å². The molecule has 0 N–H and O–H groups in total. The molecule has 2 heterocycles. The summed E-state index contributed by atoms with van der Waals surface area (Å²) in [4.78, 5) is 5.94. The first-order valence-electron chi connectivity index (χ1n) is 5.51. The van der Waals surface area contributed by atoms with Crippen molar-refractivity contribution in [2.45, 2.75) is 25.7 Å². The number of nitrogens with zero attached hydrogens (tertiary/aromatic N) is 1. The van der Waals surface area contributed by atoms with Crippen LogP contribution in [0, 0.1) is 5.92 Å². The molecule has 1 aromatic heterocycles. The Morgan fingerprint density at radius 2 is 2.47 bits per heavy atom. The standard InChI is InChI=1S/C12H17NOS/c1-14-12-10(5-2-3-7-13-12)9-11-6-4-8-15-11/h4,6,8,10H,2-3,5,7,9H2,1H3. The van der Waals surface area contributed by atoms with Crippen LogP contribution in [0.3, 0.4) is 0 Å². The zero-order valence-corrected chi connectivity index (χ0v) is 9.93. The lowest BCUT2D eigenvalue weighted by Crippen LogP contribution is -2.17. The summed E-state index contributed by atoms with van der Waals surface area (Å²) in [5, 5.41) is 2.13. The second-order valence-electron chi connectivity index (χ2n) is 3.90. The Labute approximate surface area is 95.0 Å². The zero-order chi connectivity index (χ0) is 10.5. The predicted molar refractivity (Wildman–Crippen MR) is 64.7 cm³/mol. The van der Waals surface area contributed by atoms with Crippen LogP contribution in [0.15, 0.2) is 22.5 Å². The van der Waals surface area contributed by atoms with Crippen molar-refractivity contribution >= 4 is 17.2 Å². The summed E-state index contributed by atoms with van der Waals surface area (Å²) in [6, 6.07) is 4.31. The fourth-order valence-corrected chi connectivity index (χ4v) is 2.82. The SMILES string of the molecule is COC1=NCCCCC1Cc1cccs1. The van der Waals surface area contributed by atoms with Crippen molar-refractivity contribution in [3.8, 4) is 0 Å². The third kappa shape index (κ3) is 2.81. The molecule has 1 atom stereocenters. The van der Waals surface area contributed by atoms with E-state index in [9.17, 15) is 0 Å². The maximum atomic E-state index is 5.39. The van der Waals surface area contributed by atoms with E-state index in [1.807, 2.05) is 11.3 Å². The molecular formula is C12H17NOS. The number of rotatable bonds is 2. The third-order valence-electron chi connectivity index (χ3n) is 2.81. The highest BCUT2D eigenvalue weighted by atomic mass is 32.1. The van der Waals surface area contributed by atoms with Crippen molar-refractivity contribution in [1.29, 1.82) is 0 Å². The minimum Gasteiger partial charge on any atom is -0.484 e. The number of thiophene rings is 1. The zero-order valence-electron chi connectivity index (χ0n) is 9.11. The molecule has 0 bridgehead atoms. The van der Waals surface area contributed by atoms with Crippen LogP contribution in [0.2, 0.25) is 0 Å². The van der Waals surface area contributed by atoms with Crippen LogP contribution in [0.5, 0.6) is 0 Å². The van der Waals surface area contributed by atoms with Crippen LogP contribution in [0.4, 0.5) is 0 Å². The number of methoxy groups -OCH3 is 1. The monoisotopic (exact) mass is 223 g/mol. The molecule has 1 aliphatic heterocycles. The molecule has 0 radical (unpaired) electrons. The Kier molecular flexibility index (Phi) is 3.78. The first-order valence-corrected chi connectivity index (χ1v) is 6.39. The quantitative estimate of drug-likeness (QED) is 0.755. The highest BCUT2D eigenvalue weighted by Crippen LogP contribution is 2.22. The summed E-state index contributed by atoms with van der Waals surface area (Å²) in [6.45, 7) is 0.935. The molecular weight excluding hydrogens is 206 g/mol. The fraction of sp³-hybridized carbons (Fsp3) is 0.583. The van der Waals surface area contributed by atoms with E-state index in [1.165, 1.54) is 24.1 Å². The maximum absolute atomic E-state index is 5.39. The highest BCUT2D eigenvalue weighted by molar-refractivity contribution is 7.09. The number of hydrogen-bond acceptors (Lipinski definition) is 3. The van der Waals surface area contributed by atoms with E-state index in [1.54, 1.807) is 7.11 Å². The van der Waals surface area contributed by atoms with Crippen LogP contribution < -0.4 is 0 Å². The molecule has 1 aliphatic rings. The molecule has 1 unspecified atom stereocenters. The van der Waals surface area contributed by atoms with Gasteiger partial charge < -0.3 is 4.74 Å². The lowest BCUT2D eigenvalue weighted by atomic mass is 9.98. The fourth-order valence-electron chi connectivity index (χ4n) is 2.04. The molecule has 0 aliphatic carbocycles. The number of aliphatic imine (C=N–C) groups is 1. The van der Waals surface area contributed by atoms with Gasteiger partial charge in [0.2, 0.25) is 0 Å². The summed E-state index contributed by atoms with van der Waals surface area (Å²) in [5.74, 6) is 1.46. The molecule has 3 heteroatoms. The highest BCUT2D eigenvalue weighted by Gasteiger charge is 2.19. The van der Waals surface area contributed by atoms with Crippen LogP contribution in [-0.4, -0.2) is 19.6 Å². The molecule has 0 fully saturated rings. The number of hydrogen-bond donors (Lipinski definition) is 0. The lowest BCUT2D eigenvalue weighted by Gasteiger charge is -2.15. The van der Waals surface area contributed by atoms with Gasteiger partial charge in [-0.2, -0.15) is 0 Å². The van der Waals surface area contributed by atoms with Gasteiger partial charge in [0.05, 0.1) is 7.11 Å². The third-order valence-corrected chi connectivity index (χ3v) is 3.71. The lowest BCUT2D eigenvalue weighted by molar-refractivity contribution is 0.359. The van der Waals surface area contributed by atoms with E-state index in [2.05, 4.69) is 22.5 Å². The van der Waals surface area contributed by atoms with Gasteiger partial charge in [-0.3, -0.25) is 4.99 Å². The van der Waals surface area contributed by atoms with E-state index < -0.39 is 0 Å². The molecule has 0 aromatic carbocycles. The van der Waals surface area contributed by atoms with Gasteiger partial charge in [-0.05, 0) is 30.7 Å². The summed E-state index contributed by atoms with van der Waals surface area (Å²) < 4.78 is 5.39. The van der Waals surface area contributed by atoms with Crippen LogP contribution in [0.25, 0.3) is 0 Å². The summed E-state index contributed by atoms with van der Waals surface area (Å²) in [6.07, 6.45) is 4.77. The summed E-state index contributed by atoms with van der Waals surface area (Å²) >= 11 is 1.83. The van der Waals surface area contributed by atoms with Crippen LogP contribution >= 0.6 is 11.3 Å². The molecule has 15 heavy (non-hydrogen) atoms. The van der Waals surface area contributed by atoms with Gasteiger partial charge in [0, 0.05) is 17.3 Å². The van der Waals surface area contributed by atoms with Crippen molar-refractivity contribution in [3.05, 3.63) is 22.4 Å². The molecule has 0 spiro atoms. The molecule has 2 nitrogen and oxygen atoms in total. The Morgan fingerprint density at radius 3 is 3.20 bits per heavy atom. The predicted octanol–water partition coefficient (Wildman–Crippen LogP) is 3.14. The maximum Gasteiger partial charge on any atom is 0.186 e. The summed E-state index contributed by atoms with van der Waals surface area (Å²) in [7, 11) is 1.74. The van der Waals surface area contributed by atoms with E-state index in [-0.39, 0.29) is 0 Å². The van der Waals surface area contributed by atoms with Gasteiger partial charge in [0.1, 0.15) is 0 Å². The molecule has 0 amide bonds. The van der Waals surface area contributed by atoms with Crippen molar-refractivity contribution in [3.63, 3.8) is 0 Å². The minimum absolute atomic E-state index is 0.496. The first-order chi connectivity index (χ1) is 7.40. The van der Waals surface area contributed by atoms with Crippen LogP contribution in [-0.2, 0) is 11.2 Å². The second kappa shape index (κ2) is 5.31. The Morgan fingerprint density at radius 1 is 1.53 bits per heavy atom. The normalized spacial score (nSPS) is 21.9. The van der Waals surface area contributed by atoms with E-state index in [4.69, 9.17) is 4.74 Å². The molecule has 1 aromatic rings. The molecule has 0 saturated heterocycles. The van der Waals surface area contributed by atoms with Crippen molar-refractivity contribution in [2.75, 3.05) is 13.7 Å². The average Bonchev–Trinajstić information content (AvgIpc) is 2.64. The minimum atomic E-state index is 0.496. The molecule has 2 rings (SSSR count). The smallest absolute Gasteiger partial charge is 0.186 e. The van der Waals surface area contributed by atoms with Gasteiger partial charge in [0.15, 0.2) is 5.90 Å². The van der Waals surface area contributed by atoms with Crippen LogP contribution in [0.1, 0.15) is 24.1 Å². The average molecular weight is 223 g/mol. The number of ether oxygens (including phenoxy) is 1. The van der Waals surface area contributed by atoms with Gasteiger partial charge >= 0.3 is 0 Å². The van der Waals surface area contributed by atoms with E-state index in [0.717, 1.165) is 18.9 Å². The van der Waals surface area contributed by atoms with Gasteiger partial charge in [0.25, 0.3) is 0 Å². The van der Waals surface area contributed by atoms with Crippen molar-refractivity contribution < 1.29 is 4.74 Å². The first kappa shape index (κ1) is 10.7. The topological polar surface area (TPSA) is 21.6 Å².